The molecule has 0 saturated carbocycles. The van der Waals surface area contributed by atoms with Crippen LogP contribution in [0.4, 0.5) is 0 Å². The summed E-state index contributed by atoms with van der Waals surface area (Å²) in [6.07, 6.45) is 0.507. The number of carbonyl (C=O) groups excluding carboxylic acids is 1. The van der Waals surface area contributed by atoms with Crippen molar-refractivity contribution < 1.29 is 14.3 Å². The Bertz CT molecular complexity index is 208. The zero-order chi connectivity index (χ0) is 9.41. The standard InChI is InChI=1S/C8H15NO3.ClH/c1-7(2)4-8(9,5-12-7)6(10)11-3;/h4-5,9H2,1-3H3;1H. The van der Waals surface area contributed by atoms with Crippen molar-refractivity contribution in [3.63, 3.8) is 0 Å². The van der Waals surface area contributed by atoms with Gasteiger partial charge in [-0.3, -0.25) is 0 Å². The molecule has 1 unspecified atom stereocenters. The van der Waals surface area contributed by atoms with Gasteiger partial charge in [-0.2, -0.15) is 0 Å². The highest BCUT2D eigenvalue weighted by Gasteiger charge is 2.47. The second kappa shape index (κ2) is 3.82. The van der Waals surface area contributed by atoms with E-state index >= 15 is 0 Å². The fourth-order valence-corrected chi connectivity index (χ4v) is 1.52. The predicted octanol–water partition coefficient (Wildman–Crippen LogP) is 0.478. The average molecular weight is 210 g/mol. The molecule has 2 N–H and O–H groups in total. The van der Waals surface area contributed by atoms with E-state index in [4.69, 9.17) is 10.5 Å². The third kappa shape index (κ3) is 2.56. The maximum absolute atomic E-state index is 11.2. The summed E-state index contributed by atoms with van der Waals surface area (Å²) in [4.78, 5) is 11.2. The second-order valence-electron chi connectivity index (χ2n) is 3.87. The van der Waals surface area contributed by atoms with Gasteiger partial charge in [-0.15, -0.1) is 12.4 Å². The average Bonchev–Trinajstić information content (AvgIpc) is 2.25. The zero-order valence-corrected chi connectivity index (χ0v) is 8.94. The molecule has 0 radical (unpaired) electrons. The van der Waals surface area contributed by atoms with Gasteiger partial charge in [0.25, 0.3) is 0 Å². The number of ether oxygens (including phenoxy) is 2. The van der Waals surface area contributed by atoms with E-state index < -0.39 is 11.5 Å². The van der Waals surface area contributed by atoms with Gasteiger partial charge in [-0.25, -0.2) is 4.79 Å². The van der Waals surface area contributed by atoms with E-state index in [1.807, 2.05) is 13.8 Å². The van der Waals surface area contributed by atoms with Crippen LogP contribution < -0.4 is 5.73 Å². The number of hydrogen-bond donors (Lipinski definition) is 1. The van der Waals surface area contributed by atoms with Crippen LogP contribution in [0.3, 0.4) is 0 Å². The molecular formula is C8H16ClNO3. The van der Waals surface area contributed by atoms with E-state index in [9.17, 15) is 4.79 Å². The van der Waals surface area contributed by atoms with Crippen molar-refractivity contribution in [1.82, 2.24) is 0 Å². The molecule has 1 aliphatic heterocycles. The highest BCUT2D eigenvalue weighted by molar-refractivity contribution is 5.85. The van der Waals surface area contributed by atoms with Crippen LogP contribution in [0.1, 0.15) is 20.3 Å². The van der Waals surface area contributed by atoms with Crippen LogP contribution in [-0.4, -0.2) is 30.8 Å². The normalized spacial score (nSPS) is 30.8. The number of nitrogens with two attached hydrogens (primary N) is 1. The Balaban J connectivity index is 0.00000144. The van der Waals surface area contributed by atoms with Gasteiger partial charge in [0.15, 0.2) is 0 Å². The molecule has 0 spiro atoms. The molecule has 0 amide bonds. The van der Waals surface area contributed by atoms with Crippen LogP contribution in [-0.2, 0) is 14.3 Å². The smallest absolute Gasteiger partial charge is 0.328 e. The summed E-state index contributed by atoms with van der Waals surface area (Å²) in [5.41, 5.74) is 4.53. The van der Waals surface area contributed by atoms with Gasteiger partial charge in [0.1, 0.15) is 5.54 Å². The number of halogens is 1. The quantitative estimate of drug-likeness (QED) is 0.638. The summed E-state index contributed by atoms with van der Waals surface area (Å²) in [7, 11) is 1.34. The Kier molecular flexibility index (Phi) is 3.72. The molecule has 0 aromatic carbocycles. The monoisotopic (exact) mass is 209 g/mol. The first-order chi connectivity index (χ1) is 5.40. The third-order valence-corrected chi connectivity index (χ3v) is 2.05. The van der Waals surface area contributed by atoms with Crippen molar-refractivity contribution in [3.05, 3.63) is 0 Å². The molecular weight excluding hydrogens is 194 g/mol. The van der Waals surface area contributed by atoms with Gasteiger partial charge in [0, 0.05) is 6.42 Å². The number of rotatable bonds is 1. The SMILES string of the molecule is COC(=O)C1(N)COC(C)(C)C1.Cl. The summed E-state index contributed by atoms with van der Waals surface area (Å²) in [6, 6.07) is 0. The molecule has 78 valence electrons. The number of carbonyl (C=O) groups is 1. The summed E-state index contributed by atoms with van der Waals surface area (Å²) < 4.78 is 9.94. The fourth-order valence-electron chi connectivity index (χ4n) is 1.52. The molecule has 1 fully saturated rings. The lowest BCUT2D eigenvalue weighted by Crippen LogP contribution is -2.50. The van der Waals surface area contributed by atoms with Crippen LogP contribution in [0.2, 0.25) is 0 Å². The number of hydrogen-bond acceptors (Lipinski definition) is 4. The first-order valence-electron chi connectivity index (χ1n) is 3.91. The third-order valence-electron chi connectivity index (χ3n) is 2.05. The summed E-state index contributed by atoms with van der Waals surface area (Å²) in [5.74, 6) is -0.395. The molecule has 5 heteroatoms. The van der Waals surface area contributed by atoms with E-state index in [1.54, 1.807) is 0 Å². The van der Waals surface area contributed by atoms with E-state index in [0.717, 1.165) is 0 Å². The largest absolute Gasteiger partial charge is 0.468 e. The zero-order valence-electron chi connectivity index (χ0n) is 8.12. The van der Waals surface area contributed by atoms with Crippen molar-refractivity contribution in [2.24, 2.45) is 5.73 Å². The molecule has 1 aliphatic rings. The van der Waals surface area contributed by atoms with Crippen molar-refractivity contribution >= 4 is 18.4 Å². The first kappa shape index (κ1) is 12.7. The summed E-state index contributed by atoms with van der Waals surface area (Å²) >= 11 is 0. The second-order valence-corrected chi connectivity index (χ2v) is 3.87. The minimum atomic E-state index is -0.946. The topological polar surface area (TPSA) is 61.5 Å². The maximum Gasteiger partial charge on any atom is 0.328 e. The van der Waals surface area contributed by atoms with E-state index in [0.29, 0.717) is 6.42 Å². The molecule has 1 saturated heterocycles. The van der Waals surface area contributed by atoms with Crippen LogP contribution in [0.25, 0.3) is 0 Å². The Labute approximate surface area is 84.2 Å². The molecule has 1 rings (SSSR count). The van der Waals surface area contributed by atoms with Gasteiger partial charge >= 0.3 is 5.97 Å². The Morgan fingerprint density at radius 2 is 2.08 bits per heavy atom. The molecule has 1 atom stereocenters. The van der Waals surface area contributed by atoms with Crippen LogP contribution in [0, 0.1) is 0 Å². The minimum Gasteiger partial charge on any atom is -0.468 e. The van der Waals surface area contributed by atoms with Crippen molar-refractivity contribution in [3.8, 4) is 0 Å². The summed E-state index contributed by atoms with van der Waals surface area (Å²) in [6.45, 7) is 4.06. The van der Waals surface area contributed by atoms with Crippen LogP contribution >= 0.6 is 12.4 Å². The fraction of sp³-hybridized carbons (Fsp3) is 0.875. The highest BCUT2D eigenvalue weighted by Crippen LogP contribution is 2.31. The molecule has 1 heterocycles. The van der Waals surface area contributed by atoms with Crippen molar-refractivity contribution in [2.45, 2.75) is 31.4 Å². The van der Waals surface area contributed by atoms with Gasteiger partial charge < -0.3 is 15.2 Å². The molecule has 4 nitrogen and oxygen atoms in total. The summed E-state index contributed by atoms with van der Waals surface area (Å²) in [5, 5.41) is 0. The Hall–Kier alpha value is -0.320. The molecule has 0 aromatic heterocycles. The molecule has 0 aromatic rings. The van der Waals surface area contributed by atoms with Gasteiger partial charge in [-0.05, 0) is 13.8 Å². The Morgan fingerprint density at radius 3 is 2.38 bits per heavy atom. The maximum atomic E-state index is 11.2. The van der Waals surface area contributed by atoms with E-state index in [1.165, 1.54) is 7.11 Å². The van der Waals surface area contributed by atoms with E-state index in [-0.39, 0.29) is 24.6 Å². The van der Waals surface area contributed by atoms with Crippen molar-refractivity contribution in [2.75, 3.05) is 13.7 Å². The minimum absolute atomic E-state index is 0. The Morgan fingerprint density at radius 1 is 1.54 bits per heavy atom. The lowest BCUT2D eigenvalue weighted by atomic mass is 9.92. The molecule has 13 heavy (non-hydrogen) atoms. The van der Waals surface area contributed by atoms with Gasteiger partial charge in [0.05, 0.1) is 19.3 Å². The molecule has 0 bridgehead atoms. The number of esters is 1. The first-order valence-corrected chi connectivity index (χ1v) is 3.91. The van der Waals surface area contributed by atoms with Crippen LogP contribution in [0.5, 0.6) is 0 Å². The lowest BCUT2D eigenvalue weighted by Gasteiger charge is -2.20. The van der Waals surface area contributed by atoms with Gasteiger partial charge in [-0.1, -0.05) is 0 Å². The lowest BCUT2D eigenvalue weighted by molar-refractivity contribution is -0.146. The predicted molar refractivity (Wildman–Crippen MR) is 50.8 cm³/mol. The van der Waals surface area contributed by atoms with E-state index in [2.05, 4.69) is 4.74 Å². The van der Waals surface area contributed by atoms with Crippen LogP contribution in [0.15, 0.2) is 0 Å². The highest BCUT2D eigenvalue weighted by atomic mass is 35.5. The number of methoxy groups -OCH3 is 1. The van der Waals surface area contributed by atoms with Gasteiger partial charge in [0.2, 0.25) is 0 Å². The molecule has 0 aliphatic carbocycles. The van der Waals surface area contributed by atoms with Crippen molar-refractivity contribution in [1.29, 1.82) is 0 Å².